The summed E-state index contributed by atoms with van der Waals surface area (Å²) in [4.78, 5) is 2.14. The van der Waals surface area contributed by atoms with Gasteiger partial charge < -0.3 is 15.7 Å². The van der Waals surface area contributed by atoms with Gasteiger partial charge in [-0.3, -0.25) is 5.41 Å². The number of rotatable bonds is 2. The lowest BCUT2D eigenvalue weighted by Gasteiger charge is -2.34. The van der Waals surface area contributed by atoms with E-state index in [1.54, 1.807) is 0 Å². The standard InChI is InChI=1S/C13H19N3O/c1-9-4-2-6-11(13(14)15)12(9)16-7-3-5-10(17)8-16/h2,4,6,10,17H,3,5,7-8H2,1H3,(H3,14,15). The molecule has 1 aromatic carbocycles. The van der Waals surface area contributed by atoms with Crippen LogP contribution in [-0.2, 0) is 0 Å². The number of aliphatic hydroxyl groups is 1. The molecule has 0 saturated carbocycles. The van der Waals surface area contributed by atoms with E-state index in [0.29, 0.717) is 6.54 Å². The molecule has 0 bridgehead atoms. The van der Waals surface area contributed by atoms with Gasteiger partial charge in [0.2, 0.25) is 0 Å². The summed E-state index contributed by atoms with van der Waals surface area (Å²) in [6.45, 7) is 3.57. The summed E-state index contributed by atoms with van der Waals surface area (Å²) in [6.07, 6.45) is 1.56. The summed E-state index contributed by atoms with van der Waals surface area (Å²) >= 11 is 0. The largest absolute Gasteiger partial charge is 0.391 e. The summed E-state index contributed by atoms with van der Waals surface area (Å²) in [5.41, 5.74) is 8.48. The zero-order valence-corrected chi connectivity index (χ0v) is 10.1. The van der Waals surface area contributed by atoms with Crippen LogP contribution in [0.15, 0.2) is 18.2 Å². The molecule has 92 valence electrons. The molecule has 1 heterocycles. The van der Waals surface area contributed by atoms with Gasteiger partial charge in [0.05, 0.1) is 11.8 Å². The van der Waals surface area contributed by atoms with Crippen molar-refractivity contribution in [2.24, 2.45) is 5.73 Å². The monoisotopic (exact) mass is 233 g/mol. The van der Waals surface area contributed by atoms with Crippen LogP contribution in [0.4, 0.5) is 5.69 Å². The molecule has 0 aromatic heterocycles. The van der Waals surface area contributed by atoms with E-state index in [-0.39, 0.29) is 11.9 Å². The number of anilines is 1. The number of nitrogens with one attached hydrogen (secondary N) is 1. The highest BCUT2D eigenvalue weighted by atomic mass is 16.3. The minimum Gasteiger partial charge on any atom is -0.391 e. The normalized spacial score (nSPS) is 20.4. The fraction of sp³-hybridized carbons (Fsp3) is 0.462. The Morgan fingerprint density at radius 1 is 1.53 bits per heavy atom. The molecule has 4 heteroatoms. The molecule has 1 aliphatic rings. The van der Waals surface area contributed by atoms with Crippen LogP contribution in [-0.4, -0.2) is 30.1 Å². The van der Waals surface area contributed by atoms with Gasteiger partial charge in [-0.25, -0.2) is 0 Å². The van der Waals surface area contributed by atoms with Crippen molar-refractivity contribution in [1.82, 2.24) is 0 Å². The lowest BCUT2D eigenvalue weighted by molar-refractivity contribution is 0.154. The van der Waals surface area contributed by atoms with Crippen LogP contribution in [0.1, 0.15) is 24.0 Å². The molecule has 0 spiro atoms. The minimum absolute atomic E-state index is 0.0868. The van der Waals surface area contributed by atoms with Gasteiger partial charge in [0.1, 0.15) is 5.84 Å². The number of hydrogen-bond donors (Lipinski definition) is 3. The van der Waals surface area contributed by atoms with Crippen LogP contribution in [0.2, 0.25) is 0 Å². The SMILES string of the molecule is Cc1cccc(C(=N)N)c1N1CCCC(O)C1. The van der Waals surface area contributed by atoms with E-state index in [2.05, 4.69) is 4.90 Å². The van der Waals surface area contributed by atoms with Gasteiger partial charge in [-0.05, 0) is 31.4 Å². The molecule has 0 amide bonds. The average Bonchev–Trinajstić information content (AvgIpc) is 2.28. The molecule has 17 heavy (non-hydrogen) atoms. The second kappa shape index (κ2) is 4.75. The summed E-state index contributed by atoms with van der Waals surface area (Å²) < 4.78 is 0. The number of β-amino-alcohol motifs (C(OH)–C–C–N with tert-alkyl or cyclic N) is 1. The highest BCUT2D eigenvalue weighted by Crippen LogP contribution is 2.27. The van der Waals surface area contributed by atoms with Crippen molar-refractivity contribution in [3.63, 3.8) is 0 Å². The number of nitrogens with zero attached hydrogens (tertiary/aromatic N) is 1. The van der Waals surface area contributed by atoms with Crippen molar-refractivity contribution in [2.75, 3.05) is 18.0 Å². The second-order valence-corrected chi connectivity index (χ2v) is 4.63. The van der Waals surface area contributed by atoms with Crippen molar-refractivity contribution in [2.45, 2.75) is 25.9 Å². The van der Waals surface area contributed by atoms with Crippen LogP contribution in [0.25, 0.3) is 0 Å². The highest BCUT2D eigenvalue weighted by Gasteiger charge is 2.21. The predicted octanol–water partition coefficient (Wildman–Crippen LogP) is 1.24. The summed E-state index contributed by atoms with van der Waals surface area (Å²) in [7, 11) is 0. The minimum atomic E-state index is -0.275. The molecule has 4 nitrogen and oxygen atoms in total. The molecule has 1 atom stereocenters. The number of aliphatic hydroxyl groups excluding tert-OH is 1. The first-order chi connectivity index (χ1) is 8.09. The quantitative estimate of drug-likeness (QED) is 0.531. The Morgan fingerprint density at radius 2 is 2.29 bits per heavy atom. The second-order valence-electron chi connectivity index (χ2n) is 4.63. The third-order valence-corrected chi connectivity index (χ3v) is 3.24. The molecule has 1 saturated heterocycles. The van der Waals surface area contributed by atoms with E-state index in [1.807, 2.05) is 25.1 Å². The molecule has 1 aromatic rings. The van der Waals surface area contributed by atoms with E-state index >= 15 is 0 Å². The number of para-hydroxylation sites is 1. The number of benzene rings is 1. The molecule has 4 N–H and O–H groups in total. The Morgan fingerprint density at radius 3 is 2.94 bits per heavy atom. The van der Waals surface area contributed by atoms with Crippen LogP contribution >= 0.6 is 0 Å². The highest BCUT2D eigenvalue weighted by molar-refractivity contribution is 6.01. The number of hydrogen-bond acceptors (Lipinski definition) is 3. The van der Waals surface area contributed by atoms with Crippen molar-refractivity contribution in [3.8, 4) is 0 Å². The third-order valence-electron chi connectivity index (χ3n) is 3.24. The number of piperidine rings is 1. The van der Waals surface area contributed by atoms with E-state index in [4.69, 9.17) is 11.1 Å². The third kappa shape index (κ3) is 2.42. The van der Waals surface area contributed by atoms with Crippen LogP contribution in [0.3, 0.4) is 0 Å². The maximum atomic E-state index is 9.73. The molecule has 0 radical (unpaired) electrons. The zero-order chi connectivity index (χ0) is 12.4. The smallest absolute Gasteiger partial charge is 0.124 e. The van der Waals surface area contributed by atoms with Gasteiger partial charge in [-0.15, -0.1) is 0 Å². The van der Waals surface area contributed by atoms with E-state index < -0.39 is 0 Å². The lowest BCUT2D eigenvalue weighted by Crippen LogP contribution is -2.39. The lowest BCUT2D eigenvalue weighted by atomic mass is 10.0. The van der Waals surface area contributed by atoms with Crippen molar-refractivity contribution in [3.05, 3.63) is 29.3 Å². The fourth-order valence-electron chi connectivity index (χ4n) is 2.45. The molecular formula is C13H19N3O. The van der Waals surface area contributed by atoms with Gasteiger partial charge in [0.25, 0.3) is 0 Å². The van der Waals surface area contributed by atoms with Crippen molar-refractivity contribution < 1.29 is 5.11 Å². The zero-order valence-electron chi connectivity index (χ0n) is 10.1. The first kappa shape index (κ1) is 11.9. The molecule has 2 rings (SSSR count). The molecule has 1 fully saturated rings. The van der Waals surface area contributed by atoms with Crippen LogP contribution in [0.5, 0.6) is 0 Å². The van der Waals surface area contributed by atoms with Crippen LogP contribution < -0.4 is 10.6 Å². The first-order valence-electron chi connectivity index (χ1n) is 5.96. The summed E-state index contributed by atoms with van der Waals surface area (Å²) in [5, 5.41) is 17.4. The van der Waals surface area contributed by atoms with Gasteiger partial charge in [0.15, 0.2) is 0 Å². The Balaban J connectivity index is 2.39. The van der Waals surface area contributed by atoms with E-state index in [0.717, 1.165) is 36.2 Å². The average molecular weight is 233 g/mol. The van der Waals surface area contributed by atoms with Gasteiger partial charge in [-0.2, -0.15) is 0 Å². The molecular weight excluding hydrogens is 214 g/mol. The molecule has 1 unspecified atom stereocenters. The number of aryl methyl sites for hydroxylation is 1. The maximum absolute atomic E-state index is 9.73. The Kier molecular flexibility index (Phi) is 3.33. The Hall–Kier alpha value is -1.55. The predicted molar refractivity (Wildman–Crippen MR) is 69.6 cm³/mol. The molecule has 0 aliphatic carbocycles. The fourth-order valence-corrected chi connectivity index (χ4v) is 2.45. The van der Waals surface area contributed by atoms with E-state index in [1.165, 1.54) is 0 Å². The first-order valence-corrected chi connectivity index (χ1v) is 5.96. The number of amidine groups is 1. The molecule has 1 aliphatic heterocycles. The number of nitrogen functional groups attached to an aromatic ring is 1. The maximum Gasteiger partial charge on any atom is 0.124 e. The van der Waals surface area contributed by atoms with E-state index in [9.17, 15) is 5.11 Å². The summed E-state index contributed by atoms with van der Waals surface area (Å²) in [5.74, 6) is 0.0868. The van der Waals surface area contributed by atoms with Crippen molar-refractivity contribution in [1.29, 1.82) is 5.41 Å². The van der Waals surface area contributed by atoms with Crippen LogP contribution in [0, 0.1) is 12.3 Å². The topological polar surface area (TPSA) is 73.3 Å². The Bertz CT molecular complexity index is 431. The van der Waals surface area contributed by atoms with Gasteiger partial charge >= 0.3 is 0 Å². The van der Waals surface area contributed by atoms with Gasteiger partial charge in [-0.1, -0.05) is 12.1 Å². The number of nitrogens with two attached hydrogens (primary N) is 1. The Labute approximate surface area is 102 Å². The van der Waals surface area contributed by atoms with Crippen molar-refractivity contribution >= 4 is 11.5 Å². The summed E-state index contributed by atoms with van der Waals surface area (Å²) in [6, 6.07) is 5.80. The van der Waals surface area contributed by atoms with Gasteiger partial charge in [0, 0.05) is 18.7 Å².